The summed E-state index contributed by atoms with van der Waals surface area (Å²) < 4.78 is 40.5. The summed E-state index contributed by atoms with van der Waals surface area (Å²) in [7, 11) is -3.32. The number of likely N-dealkylation sites (tertiary alicyclic amines) is 1. The van der Waals surface area contributed by atoms with Crippen molar-refractivity contribution in [2.75, 3.05) is 30.2 Å². The van der Waals surface area contributed by atoms with Crippen molar-refractivity contribution in [2.45, 2.75) is 25.3 Å². The molecule has 2 aromatic carbocycles. The van der Waals surface area contributed by atoms with Gasteiger partial charge in [0.05, 0.1) is 23.5 Å². The quantitative estimate of drug-likeness (QED) is 0.620. The number of hydrogen-bond acceptors (Lipinski definition) is 5. The molecule has 3 aromatic rings. The standard InChI is InChI=1S/C21H22FN5O3S/c1-31(29,30)26-10-8-14-11-15(4-6-19(14)26)21(28)25-9-2-3-17(13-25)27-20-7-5-16(22)12-18(20)23-24-27/h4-7,11-12,17H,2-3,8-10,13H2,1H3/t17-/m1/s1. The molecule has 8 nitrogen and oxygen atoms in total. The van der Waals surface area contributed by atoms with E-state index in [1.807, 2.05) is 0 Å². The first-order valence-corrected chi connectivity index (χ1v) is 12.1. The van der Waals surface area contributed by atoms with E-state index in [1.165, 1.54) is 22.7 Å². The molecule has 1 atom stereocenters. The smallest absolute Gasteiger partial charge is 0.253 e. The number of hydrogen-bond donors (Lipinski definition) is 0. The van der Waals surface area contributed by atoms with Crippen LogP contribution in [0.25, 0.3) is 11.0 Å². The van der Waals surface area contributed by atoms with E-state index in [-0.39, 0.29) is 17.8 Å². The maximum atomic E-state index is 13.5. The number of anilines is 1. The second kappa shape index (κ2) is 7.30. The molecule has 1 saturated heterocycles. The lowest BCUT2D eigenvalue weighted by Crippen LogP contribution is -2.41. The number of carbonyl (C=O) groups is 1. The van der Waals surface area contributed by atoms with E-state index in [0.717, 1.165) is 23.9 Å². The molecule has 1 fully saturated rings. The monoisotopic (exact) mass is 443 g/mol. The van der Waals surface area contributed by atoms with Crippen LogP contribution >= 0.6 is 0 Å². The molecule has 0 N–H and O–H groups in total. The van der Waals surface area contributed by atoms with Gasteiger partial charge in [0, 0.05) is 31.3 Å². The van der Waals surface area contributed by atoms with Crippen LogP contribution < -0.4 is 4.31 Å². The van der Waals surface area contributed by atoms with Crippen molar-refractivity contribution in [3.05, 3.63) is 53.3 Å². The third kappa shape index (κ3) is 3.54. The Hall–Kier alpha value is -3.01. The molecule has 0 radical (unpaired) electrons. The molecule has 0 unspecified atom stereocenters. The zero-order valence-corrected chi connectivity index (χ0v) is 17.8. The molecule has 0 saturated carbocycles. The van der Waals surface area contributed by atoms with Gasteiger partial charge in [0.25, 0.3) is 5.91 Å². The third-order valence-corrected chi connectivity index (χ3v) is 7.22. The van der Waals surface area contributed by atoms with Gasteiger partial charge in [0.15, 0.2) is 0 Å². The number of aromatic nitrogens is 3. The molecule has 2 aliphatic heterocycles. The number of sulfonamides is 1. The number of halogens is 1. The third-order valence-electron chi connectivity index (χ3n) is 6.04. The van der Waals surface area contributed by atoms with Crippen molar-refractivity contribution in [3.8, 4) is 0 Å². The summed E-state index contributed by atoms with van der Waals surface area (Å²) in [6.07, 6.45) is 3.46. The highest BCUT2D eigenvalue weighted by molar-refractivity contribution is 7.92. The van der Waals surface area contributed by atoms with Crippen molar-refractivity contribution in [1.82, 2.24) is 19.9 Å². The Morgan fingerprint density at radius 3 is 2.81 bits per heavy atom. The maximum Gasteiger partial charge on any atom is 0.253 e. The molecule has 0 aliphatic carbocycles. The van der Waals surface area contributed by atoms with Gasteiger partial charge < -0.3 is 4.90 Å². The Kier molecular flexibility index (Phi) is 4.69. The maximum absolute atomic E-state index is 13.5. The Balaban J connectivity index is 1.38. The first-order valence-electron chi connectivity index (χ1n) is 10.2. The summed E-state index contributed by atoms with van der Waals surface area (Å²) in [6, 6.07) is 9.59. The number of rotatable bonds is 3. The van der Waals surface area contributed by atoms with Crippen LogP contribution in [0.4, 0.5) is 10.1 Å². The first kappa shape index (κ1) is 19.9. The minimum atomic E-state index is -3.32. The summed E-state index contributed by atoms with van der Waals surface area (Å²) in [5, 5.41) is 8.27. The molecule has 0 bridgehead atoms. The molecular weight excluding hydrogens is 421 g/mol. The Labute approximate surface area is 179 Å². The molecular formula is C21H22FN5O3S. The lowest BCUT2D eigenvalue weighted by molar-refractivity contribution is 0.0674. The van der Waals surface area contributed by atoms with Gasteiger partial charge in [-0.2, -0.15) is 0 Å². The second-order valence-corrected chi connectivity index (χ2v) is 10.0. The topological polar surface area (TPSA) is 88.4 Å². The fourth-order valence-corrected chi connectivity index (χ4v) is 5.51. The van der Waals surface area contributed by atoms with Crippen LogP contribution in [0.3, 0.4) is 0 Å². The highest BCUT2D eigenvalue weighted by atomic mass is 32.2. The van der Waals surface area contributed by atoms with Crippen molar-refractivity contribution in [1.29, 1.82) is 0 Å². The number of nitrogens with zero attached hydrogens (tertiary/aromatic N) is 5. The minimum absolute atomic E-state index is 0.0386. The van der Waals surface area contributed by atoms with Gasteiger partial charge in [-0.25, -0.2) is 17.5 Å². The summed E-state index contributed by atoms with van der Waals surface area (Å²) in [4.78, 5) is 15.0. The summed E-state index contributed by atoms with van der Waals surface area (Å²) >= 11 is 0. The number of amides is 1. The van der Waals surface area contributed by atoms with Gasteiger partial charge in [0.2, 0.25) is 10.0 Å². The van der Waals surface area contributed by atoms with Crippen molar-refractivity contribution < 1.29 is 17.6 Å². The van der Waals surface area contributed by atoms with E-state index in [0.29, 0.717) is 42.8 Å². The summed E-state index contributed by atoms with van der Waals surface area (Å²) in [5.41, 5.74) is 3.32. The van der Waals surface area contributed by atoms with E-state index in [4.69, 9.17) is 0 Å². The SMILES string of the molecule is CS(=O)(=O)N1CCc2cc(C(=O)N3CCC[C@@H](n4nnc5cc(F)ccc54)C3)ccc21. The Bertz CT molecular complexity index is 1290. The summed E-state index contributed by atoms with van der Waals surface area (Å²) in [5.74, 6) is -0.438. The van der Waals surface area contributed by atoms with E-state index >= 15 is 0 Å². The molecule has 3 heterocycles. The number of carbonyl (C=O) groups excluding carboxylic acids is 1. The van der Waals surface area contributed by atoms with Crippen molar-refractivity contribution >= 4 is 32.7 Å². The van der Waals surface area contributed by atoms with E-state index < -0.39 is 10.0 Å². The largest absolute Gasteiger partial charge is 0.337 e. The zero-order chi connectivity index (χ0) is 21.8. The van der Waals surface area contributed by atoms with Crippen LogP contribution in [0, 0.1) is 5.82 Å². The fourth-order valence-electron chi connectivity index (χ4n) is 4.56. The minimum Gasteiger partial charge on any atom is -0.337 e. The average Bonchev–Trinajstić information content (AvgIpc) is 3.36. The van der Waals surface area contributed by atoms with E-state index in [2.05, 4.69) is 10.3 Å². The van der Waals surface area contributed by atoms with Crippen molar-refractivity contribution in [3.63, 3.8) is 0 Å². The molecule has 1 aromatic heterocycles. The van der Waals surface area contributed by atoms with Crippen LogP contribution in [-0.2, 0) is 16.4 Å². The number of fused-ring (bicyclic) bond motifs is 2. The van der Waals surface area contributed by atoms with Crippen LogP contribution in [0.5, 0.6) is 0 Å². The normalized spacial score (nSPS) is 19.1. The van der Waals surface area contributed by atoms with Crippen LogP contribution in [-0.4, -0.2) is 60.1 Å². The van der Waals surface area contributed by atoms with Crippen LogP contribution in [0.1, 0.15) is 34.8 Å². The molecule has 0 spiro atoms. The summed E-state index contributed by atoms with van der Waals surface area (Å²) in [6.45, 7) is 1.53. The van der Waals surface area contributed by atoms with E-state index in [9.17, 15) is 17.6 Å². The Morgan fingerprint density at radius 1 is 1.16 bits per heavy atom. The fraction of sp³-hybridized carbons (Fsp3) is 0.381. The number of piperidine rings is 1. The highest BCUT2D eigenvalue weighted by Crippen LogP contribution is 2.32. The van der Waals surface area contributed by atoms with Gasteiger partial charge in [-0.15, -0.1) is 5.10 Å². The van der Waals surface area contributed by atoms with Crippen LogP contribution in [0.15, 0.2) is 36.4 Å². The van der Waals surface area contributed by atoms with Gasteiger partial charge >= 0.3 is 0 Å². The highest BCUT2D eigenvalue weighted by Gasteiger charge is 2.30. The first-order chi connectivity index (χ1) is 14.8. The molecule has 31 heavy (non-hydrogen) atoms. The Morgan fingerprint density at radius 2 is 2.00 bits per heavy atom. The zero-order valence-electron chi connectivity index (χ0n) is 17.0. The molecule has 1 amide bonds. The predicted octanol–water partition coefficient (Wildman–Crippen LogP) is 2.37. The lowest BCUT2D eigenvalue weighted by atomic mass is 10.0. The lowest BCUT2D eigenvalue weighted by Gasteiger charge is -2.33. The molecule has 10 heteroatoms. The molecule has 162 valence electrons. The van der Waals surface area contributed by atoms with Gasteiger partial charge in [-0.3, -0.25) is 9.10 Å². The van der Waals surface area contributed by atoms with Gasteiger partial charge in [-0.1, -0.05) is 5.21 Å². The number of benzene rings is 2. The molecule has 5 rings (SSSR count). The van der Waals surface area contributed by atoms with Crippen molar-refractivity contribution in [2.24, 2.45) is 0 Å². The second-order valence-electron chi connectivity index (χ2n) is 8.14. The van der Waals surface area contributed by atoms with Gasteiger partial charge in [0.1, 0.15) is 11.3 Å². The molecule has 2 aliphatic rings. The van der Waals surface area contributed by atoms with Gasteiger partial charge in [-0.05, 0) is 55.2 Å². The van der Waals surface area contributed by atoms with Crippen LogP contribution in [0.2, 0.25) is 0 Å². The van der Waals surface area contributed by atoms with E-state index in [1.54, 1.807) is 33.8 Å². The average molecular weight is 444 g/mol. The predicted molar refractivity (Wildman–Crippen MR) is 114 cm³/mol.